The molecule has 0 unspecified atom stereocenters. The predicted molar refractivity (Wildman–Crippen MR) is 103 cm³/mol. The summed E-state index contributed by atoms with van der Waals surface area (Å²) in [6.45, 7) is 6.46. The Bertz CT molecular complexity index is 921. The SMILES string of the molecule is CCN(C(=O)c1coc(COc2ccc3sc(C)nc3c2)n1)[C@@H](C)CCO. The topological polar surface area (TPSA) is 88.7 Å². The standard InChI is InChI=1S/C19H23N3O4S/c1-4-22(12(2)7-8-23)19(24)16-10-26-18(21-16)11-25-14-5-6-17-15(9-14)20-13(3)27-17/h5-6,9-10,12,23H,4,7-8,11H2,1-3H3/t12-/m0/s1. The number of nitrogens with zero attached hydrogens (tertiary/aromatic N) is 3. The number of oxazole rings is 1. The van der Waals surface area contributed by atoms with Crippen molar-refractivity contribution in [2.24, 2.45) is 0 Å². The fourth-order valence-electron chi connectivity index (χ4n) is 2.88. The third kappa shape index (κ3) is 4.45. The minimum absolute atomic E-state index is 0.0334. The number of ether oxygens (including phenoxy) is 1. The highest BCUT2D eigenvalue weighted by Gasteiger charge is 2.22. The lowest BCUT2D eigenvalue weighted by atomic mass is 10.2. The van der Waals surface area contributed by atoms with Crippen molar-refractivity contribution in [1.82, 2.24) is 14.9 Å². The molecule has 8 heteroatoms. The quantitative estimate of drug-likeness (QED) is 0.635. The fourth-order valence-corrected chi connectivity index (χ4v) is 3.69. The van der Waals surface area contributed by atoms with E-state index < -0.39 is 0 Å². The van der Waals surface area contributed by atoms with Crippen molar-refractivity contribution in [1.29, 1.82) is 0 Å². The number of carbonyl (C=O) groups excluding carboxylic acids is 1. The lowest BCUT2D eigenvalue weighted by Crippen LogP contribution is -2.39. The van der Waals surface area contributed by atoms with Gasteiger partial charge >= 0.3 is 0 Å². The normalized spacial score (nSPS) is 12.3. The number of hydrogen-bond donors (Lipinski definition) is 1. The highest BCUT2D eigenvalue weighted by Crippen LogP contribution is 2.26. The van der Waals surface area contributed by atoms with Gasteiger partial charge in [-0.25, -0.2) is 9.97 Å². The van der Waals surface area contributed by atoms with Gasteiger partial charge in [-0.05, 0) is 39.3 Å². The smallest absolute Gasteiger partial charge is 0.276 e. The van der Waals surface area contributed by atoms with Crippen molar-refractivity contribution >= 4 is 27.5 Å². The number of aliphatic hydroxyl groups excluding tert-OH is 1. The van der Waals surface area contributed by atoms with Gasteiger partial charge in [0, 0.05) is 25.3 Å². The highest BCUT2D eigenvalue weighted by atomic mass is 32.1. The van der Waals surface area contributed by atoms with Gasteiger partial charge in [0.05, 0.1) is 15.2 Å². The first-order valence-electron chi connectivity index (χ1n) is 8.88. The summed E-state index contributed by atoms with van der Waals surface area (Å²) in [5.74, 6) is 0.789. The van der Waals surface area contributed by atoms with Gasteiger partial charge in [-0.1, -0.05) is 0 Å². The van der Waals surface area contributed by atoms with E-state index >= 15 is 0 Å². The molecule has 2 heterocycles. The van der Waals surface area contributed by atoms with Gasteiger partial charge in [0.25, 0.3) is 5.91 Å². The molecular weight excluding hydrogens is 366 g/mol. The van der Waals surface area contributed by atoms with Crippen molar-refractivity contribution in [3.63, 3.8) is 0 Å². The summed E-state index contributed by atoms with van der Waals surface area (Å²) in [4.78, 5) is 23.0. The average Bonchev–Trinajstić information content (AvgIpc) is 3.25. The van der Waals surface area contributed by atoms with Gasteiger partial charge in [-0.2, -0.15) is 0 Å². The predicted octanol–water partition coefficient (Wildman–Crippen LogP) is 3.40. The summed E-state index contributed by atoms with van der Waals surface area (Å²) in [7, 11) is 0. The molecule has 7 nitrogen and oxygen atoms in total. The second-order valence-electron chi connectivity index (χ2n) is 6.23. The van der Waals surface area contributed by atoms with Crippen LogP contribution < -0.4 is 4.74 Å². The Kier molecular flexibility index (Phi) is 6.08. The van der Waals surface area contributed by atoms with E-state index in [-0.39, 0.29) is 30.9 Å². The molecule has 1 aromatic carbocycles. The lowest BCUT2D eigenvalue weighted by molar-refractivity contribution is 0.0673. The van der Waals surface area contributed by atoms with Gasteiger partial charge in [-0.3, -0.25) is 4.79 Å². The highest BCUT2D eigenvalue weighted by molar-refractivity contribution is 7.18. The Morgan fingerprint density at radius 3 is 2.96 bits per heavy atom. The zero-order valence-electron chi connectivity index (χ0n) is 15.6. The van der Waals surface area contributed by atoms with Crippen molar-refractivity contribution < 1.29 is 19.1 Å². The van der Waals surface area contributed by atoms with Crippen LogP contribution in [0.15, 0.2) is 28.9 Å². The Labute approximate surface area is 161 Å². The number of rotatable bonds is 8. The molecule has 3 rings (SSSR count). The van der Waals surface area contributed by atoms with Crippen LogP contribution in [0.1, 0.15) is 41.7 Å². The first-order chi connectivity index (χ1) is 13.0. The van der Waals surface area contributed by atoms with E-state index in [4.69, 9.17) is 14.3 Å². The van der Waals surface area contributed by atoms with Crippen molar-refractivity contribution in [3.05, 3.63) is 41.1 Å². The van der Waals surface area contributed by atoms with Crippen LogP contribution in [0.25, 0.3) is 10.2 Å². The van der Waals surface area contributed by atoms with Crippen molar-refractivity contribution in [3.8, 4) is 5.75 Å². The number of hydrogen-bond acceptors (Lipinski definition) is 7. The van der Waals surface area contributed by atoms with Crippen LogP contribution in [0.5, 0.6) is 5.75 Å². The van der Waals surface area contributed by atoms with E-state index in [0.717, 1.165) is 15.2 Å². The largest absolute Gasteiger partial charge is 0.484 e. The fraction of sp³-hybridized carbons (Fsp3) is 0.421. The molecule has 0 fully saturated rings. The zero-order valence-corrected chi connectivity index (χ0v) is 16.5. The third-order valence-corrected chi connectivity index (χ3v) is 5.23. The second-order valence-corrected chi connectivity index (χ2v) is 7.46. The van der Waals surface area contributed by atoms with Crippen LogP contribution in [-0.4, -0.2) is 45.1 Å². The summed E-state index contributed by atoms with van der Waals surface area (Å²) in [6, 6.07) is 5.66. The van der Waals surface area contributed by atoms with Gasteiger partial charge < -0.3 is 19.2 Å². The maximum absolute atomic E-state index is 12.6. The van der Waals surface area contributed by atoms with Crippen LogP contribution in [0.4, 0.5) is 0 Å². The molecule has 0 aliphatic rings. The number of thiazole rings is 1. The van der Waals surface area contributed by atoms with E-state index in [1.165, 1.54) is 6.26 Å². The molecule has 144 valence electrons. The molecule has 0 saturated carbocycles. The van der Waals surface area contributed by atoms with E-state index in [2.05, 4.69) is 9.97 Å². The maximum atomic E-state index is 12.6. The number of carbonyl (C=O) groups is 1. The number of aryl methyl sites for hydroxylation is 1. The number of benzene rings is 1. The molecule has 1 amide bonds. The van der Waals surface area contributed by atoms with Crippen molar-refractivity contribution in [2.75, 3.05) is 13.2 Å². The summed E-state index contributed by atoms with van der Waals surface area (Å²) >= 11 is 1.64. The van der Waals surface area contributed by atoms with Crippen LogP contribution in [0.3, 0.4) is 0 Å². The van der Waals surface area contributed by atoms with E-state index in [1.54, 1.807) is 16.2 Å². The Morgan fingerprint density at radius 2 is 2.22 bits per heavy atom. The number of aliphatic hydroxyl groups is 1. The molecule has 0 spiro atoms. The Balaban J connectivity index is 1.65. The first kappa shape index (κ1) is 19.3. The van der Waals surface area contributed by atoms with Crippen LogP contribution in [-0.2, 0) is 6.61 Å². The average molecular weight is 389 g/mol. The number of aromatic nitrogens is 2. The maximum Gasteiger partial charge on any atom is 0.276 e. The second kappa shape index (κ2) is 8.49. The summed E-state index contributed by atoms with van der Waals surface area (Å²) in [5, 5.41) is 10.1. The number of fused-ring (bicyclic) bond motifs is 1. The molecule has 3 aromatic rings. The third-order valence-electron chi connectivity index (χ3n) is 4.28. The molecule has 1 atom stereocenters. The van der Waals surface area contributed by atoms with Crippen LogP contribution in [0.2, 0.25) is 0 Å². The zero-order chi connectivity index (χ0) is 19.4. The lowest BCUT2D eigenvalue weighted by Gasteiger charge is -2.26. The van der Waals surface area contributed by atoms with E-state index in [1.807, 2.05) is 39.0 Å². The summed E-state index contributed by atoms with van der Waals surface area (Å²) in [5.41, 5.74) is 1.14. The first-order valence-corrected chi connectivity index (χ1v) is 9.69. The molecule has 0 aliphatic heterocycles. The minimum Gasteiger partial charge on any atom is -0.484 e. The van der Waals surface area contributed by atoms with Crippen LogP contribution >= 0.6 is 11.3 Å². The monoisotopic (exact) mass is 389 g/mol. The summed E-state index contributed by atoms with van der Waals surface area (Å²) in [6.07, 6.45) is 1.87. The van der Waals surface area contributed by atoms with E-state index in [0.29, 0.717) is 24.6 Å². The van der Waals surface area contributed by atoms with E-state index in [9.17, 15) is 4.79 Å². The Morgan fingerprint density at radius 1 is 1.41 bits per heavy atom. The van der Waals surface area contributed by atoms with Crippen LogP contribution in [0, 0.1) is 6.92 Å². The van der Waals surface area contributed by atoms with Gasteiger partial charge in [0.2, 0.25) is 5.89 Å². The molecule has 2 aromatic heterocycles. The molecule has 27 heavy (non-hydrogen) atoms. The molecule has 0 bridgehead atoms. The number of amides is 1. The minimum atomic E-state index is -0.215. The van der Waals surface area contributed by atoms with Gasteiger partial charge in [0.1, 0.15) is 12.0 Å². The molecule has 0 aliphatic carbocycles. The molecule has 0 saturated heterocycles. The van der Waals surface area contributed by atoms with Gasteiger partial charge in [-0.15, -0.1) is 11.3 Å². The van der Waals surface area contributed by atoms with Crippen molar-refractivity contribution in [2.45, 2.75) is 39.8 Å². The molecular formula is C19H23N3O4S. The Hall–Kier alpha value is -2.45. The van der Waals surface area contributed by atoms with Gasteiger partial charge in [0.15, 0.2) is 12.3 Å². The molecule has 0 radical (unpaired) electrons. The molecule has 1 N–H and O–H groups in total. The summed E-state index contributed by atoms with van der Waals surface area (Å²) < 4.78 is 12.2.